The third-order valence-corrected chi connectivity index (χ3v) is 4.40. The summed E-state index contributed by atoms with van der Waals surface area (Å²) < 4.78 is 21.4. The van der Waals surface area contributed by atoms with Crippen LogP contribution >= 0.6 is 12.2 Å². The highest BCUT2D eigenvalue weighted by atomic mass is 32.1. The normalized spacial score (nSPS) is 13.0. The molecule has 0 fully saturated rings. The summed E-state index contributed by atoms with van der Waals surface area (Å²) in [4.78, 5) is 0. The third-order valence-electron chi connectivity index (χ3n) is 4.14. The molecule has 0 saturated carbocycles. The highest BCUT2D eigenvalue weighted by Gasteiger charge is 2.15. The zero-order chi connectivity index (χ0) is 18.5. The van der Waals surface area contributed by atoms with E-state index < -0.39 is 0 Å². The lowest BCUT2D eigenvalue weighted by Gasteiger charge is -2.20. The molecule has 2 aromatic carbocycles. The largest absolute Gasteiger partial charge is 0.497 e. The maximum Gasteiger partial charge on any atom is 0.231 e. The summed E-state index contributed by atoms with van der Waals surface area (Å²) in [6.45, 7) is 2.88. The first-order valence-electron chi connectivity index (χ1n) is 8.25. The van der Waals surface area contributed by atoms with E-state index >= 15 is 0 Å². The minimum atomic E-state index is -0.0446. The summed E-state index contributed by atoms with van der Waals surface area (Å²) in [7, 11) is 3.29. The third kappa shape index (κ3) is 4.11. The number of fused-ring (bicyclic) bond motifs is 1. The SMILES string of the molecule is COc1ccc(OC)c([C@H](C)NC(=S)NCc2ccc3c(c2)OCO3)c1. The summed E-state index contributed by atoms with van der Waals surface area (Å²) in [6.07, 6.45) is 0. The number of rotatable bonds is 6. The van der Waals surface area contributed by atoms with E-state index in [0.717, 1.165) is 34.1 Å². The molecular weight excluding hydrogens is 352 g/mol. The van der Waals surface area contributed by atoms with Gasteiger partial charge in [-0.2, -0.15) is 0 Å². The van der Waals surface area contributed by atoms with Gasteiger partial charge in [-0.15, -0.1) is 0 Å². The van der Waals surface area contributed by atoms with Crippen molar-refractivity contribution < 1.29 is 18.9 Å². The highest BCUT2D eigenvalue weighted by molar-refractivity contribution is 7.80. The van der Waals surface area contributed by atoms with Crippen LogP contribution in [0.25, 0.3) is 0 Å². The van der Waals surface area contributed by atoms with E-state index in [0.29, 0.717) is 11.7 Å². The molecule has 1 atom stereocenters. The summed E-state index contributed by atoms with van der Waals surface area (Å²) in [5.74, 6) is 3.09. The maximum atomic E-state index is 5.43. The lowest BCUT2D eigenvalue weighted by atomic mass is 10.1. The second kappa shape index (κ2) is 8.14. The second-order valence-electron chi connectivity index (χ2n) is 5.84. The lowest BCUT2D eigenvalue weighted by Crippen LogP contribution is -2.36. The van der Waals surface area contributed by atoms with Crippen LogP contribution in [0.3, 0.4) is 0 Å². The molecule has 3 rings (SSSR count). The minimum Gasteiger partial charge on any atom is -0.497 e. The van der Waals surface area contributed by atoms with Gasteiger partial charge in [0.05, 0.1) is 20.3 Å². The Labute approximate surface area is 158 Å². The Morgan fingerprint density at radius 3 is 2.69 bits per heavy atom. The van der Waals surface area contributed by atoms with Gasteiger partial charge in [-0.25, -0.2) is 0 Å². The van der Waals surface area contributed by atoms with E-state index in [2.05, 4.69) is 10.6 Å². The van der Waals surface area contributed by atoms with E-state index in [9.17, 15) is 0 Å². The van der Waals surface area contributed by atoms with E-state index in [1.54, 1.807) is 14.2 Å². The Morgan fingerprint density at radius 2 is 1.92 bits per heavy atom. The molecule has 1 aliphatic heterocycles. The van der Waals surface area contributed by atoms with Gasteiger partial charge in [0.25, 0.3) is 0 Å². The average molecular weight is 374 g/mol. The summed E-state index contributed by atoms with van der Waals surface area (Å²) >= 11 is 5.42. The maximum absolute atomic E-state index is 5.43. The summed E-state index contributed by atoms with van der Waals surface area (Å²) in [6, 6.07) is 11.5. The van der Waals surface area contributed by atoms with Gasteiger partial charge < -0.3 is 29.6 Å². The Bertz CT molecular complexity index is 797. The second-order valence-corrected chi connectivity index (χ2v) is 6.25. The predicted octanol–water partition coefficient (Wildman–Crippen LogP) is 3.16. The molecule has 7 heteroatoms. The summed E-state index contributed by atoms with van der Waals surface area (Å²) in [5, 5.41) is 7.04. The molecule has 0 radical (unpaired) electrons. The zero-order valence-corrected chi connectivity index (χ0v) is 15.8. The van der Waals surface area contributed by atoms with Crippen molar-refractivity contribution in [2.45, 2.75) is 19.5 Å². The van der Waals surface area contributed by atoms with Gasteiger partial charge in [0.15, 0.2) is 16.6 Å². The molecule has 0 unspecified atom stereocenters. The van der Waals surface area contributed by atoms with Crippen LogP contribution in [0.1, 0.15) is 24.1 Å². The first-order valence-corrected chi connectivity index (χ1v) is 8.66. The molecule has 2 aromatic rings. The minimum absolute atomic E-state index is 0.0446. The van der Waals surface area contributed by atoms with Crippen LogP contribution in [0.5, 0.6) is 23.0 Å². The molecular formula is C19H22N2O4S. The molecule has 138 valence electrons. The van der Waals surface area contributed by atoms with Gasteiger partial charge >= 0.3 is 0 Å². The van der Waals surface area contributed by atoms with Crippen LogP contribution in [0.2, 0.25) is 0 Å². The van der Waals surface area contributed by atoms with Crippen molar-refractivity contribution in [1.82, 2.24) is 10.6 Å². The van der Waals surface area contributed by atoms with Crippen molar-refractivity contribution in [2.24, 2.45) is 0 Å². The van der Waals surface area contributed by atoms with Crippen LogP contribution in [0, 0.1) is 0 Å². The summed E-state index contributed by atoms with van der Waals surface area (Å²) in [5.41, 5.74) is 2.03. The Morgan fingerprint density at radius 1 is 1.12 bits per heavy atom. The van der Waals surface area contributed by atoms with Gasteiger partial charge in [-0.1, -0.05) is 6.07 Å². The van der Waals surface area contributed by atoms with Crippen molar-refractivity contribution in [3.8, 4) is 23.0 Å². The number of hydrogen-bond donors (Lipinski definition) is 2. The molecule has 0 aliphatic carbocycles. The Kier molecular flexibility index (Phi) is 5.68. The van der Waals surface area contributed by atoms with Crippen LogP contribution in [0.15, 0.2) is 36.4 Å². The van der Waals surface area contributed by atoms with Gasteiger partial charge in [0.2, 0.25) is 6.79 Å². The average Bonchev–Trinajstić information content (AvgIpc) is 3.13. The lowest BCUT2D eigenvalue weighted by molar-refractivity contribution is 0.174. The van der Waals surface area contributed by atoms with Gasteiger partial charge in [0.1, 0.15) is 11.5 Å². The van der Waals surface area contributed by atoms with Gasteiger partial charge in [-0.3, -0.25) is 0 Å². The standard InChI is InChI=1S/C19H22N2O4S/c1-12(15-9-14(22-2)5-7-16(15)23-3)21-19(26)20-10-13-4-6-17-18(8-13)25-11-24-17/h4-9,12H,10-11H2,1-3H3,(H2,20,21,26)/t12-/m0/s1. The fourth-order valence-corrected chi connectivity index (χ4v) is 2.99. The molecule has 0 bridgehead atoms. The smallest absolute Gasteiger partial charge is 0.231 e. The van der Waals surface area contributed by atoms with E-state index in [4.69, 9.17) is 31.2 Å². The van der Waals surface area contributed by atoms with Gasteiger partial charge in [0, 0.05) is 12.1 Å². The van der Waals surface area contributed by atoms with E-state index in [1.807, 2.05) is 43.3 Å². The number of nitrogens with one attached hydrogen (secondary N) is 2. The van der Waals surface area contributed by atoms with Crippen molar-refractivity contribution >= 4 is 17.3 Å². The Hall–Kier alpha value is -2.67. The molecule has 26 heavy (non-hydrogen) atoms. The number of benzene rings is 2. The predicted molar refractivity (Wildman–Crippen MR) is 103 cm³/mol. The molecule has 6 nitrogen and oxygen atoms in total. The van der Waals surface area contributed by atoms with Crippen molar-refractivity contribution in [2.75, 3.05) is 21.0 Å². The molecule has 1 heterocycles. The first kappa shape index (κ1) is 18.1. The van der Waals surface area contributed by atoms with Crippen LogP contribution in [0.4, 0.5) is 0 Å². The van der Waals surface area contributed by atoms with Crippen molar-refractivity contribution in [3.63, 3.8) is 0 Å². The number of ether oxygens (including phenoxy) is 4. The number of hydrogen-bond acceptors (Lipinski definition) is 5. The zero-order valence-electron chi connectivity index (χ0n) is 15.0. The van der Waals surface area contributed by atoms with Crippen LogP contribution < -0.4 is 29.6 Å². The van der Waals surface area contributed by atoms with Crippen LogP contribution in [-0.4, -0.2) is 26.1 Å². The molecule has 1 aliphatic rings. The van der Waals surface area contributed by atoms with Crippen molar-refractivity contribution in [1.29, 1.82) is 0 Å². The molecule has 0 amide bonds. The highest BCUT2D eigenvalue weighted by Crippen LogP contribution is 2.32. The number of methoxy groups -OCH3 is 2. The molecule has 0 spiro atoms. The molecule has 0 aromatic heterocycles. The van der Waals surface area contributed by atoms with Gasteiger partial charge in [-0.05, 0) is 55.0 Å². The molecule has 0 saturated heterocycles. The fourth-order valence-electron chi connectivity index (χ4n) is 2.74. The molecule has 2 N–H and O–H groups in total. The topological polar surface area (TPSA) is 61.0 Å². The first-order chi connectivity index (χ1) is 12.6. The quantitative estimate of drug-likeness (QED) is 0.753. The fraction of sp³-hybridized carbons (Fsp3) is 0.316. The van der Waals surface area contributed by atoms with E-state index in [1.165, 1.54) is 0 Å². The Balaban J connectivity index is 1.59. The van der Waals surface area contributed by atoms with E-state index in [-0.39, 0.29) is 12.8 Å². The monoisotopic (exact) mass is 374 g/mol. The number of thiocarbonyl (C=S) groups is 1. The van der Waals surface area contributed by atoms with Crippen molar-refractivity contribution in [3.05, 3.63) is 47.5 Å². The van der Waals surface area contributed by atoms with Crippen LogP contribution in [-0.2, 0) is 6.54 Å².